The van der Waals surface area contributed by atoms with Crippen LogP contribution in [0.15, 0.2) is 24.5 Å². The van der Waals surface area contributed by atoms with Gasteiger partial charge in [-0.2, -0.15) is 0 Å². The van der Waals surface area contributed by atoms with Crippen molar-refractivity contribution in [2.45, 2.75) is 26.3 Å². The van der Waals surface area contributed by atoms with Crippen LogP contribution in [0.5, 0.6) is 0 Å². The van der Waals surface area contributed by atoms with Crippen LogP contribution < -0.4 is 0 Å². The Morgan fingerprint density at radius 1 is 1.31 bits per heavy atom. The van der Waals surface area contributed by atoms with E-state index in [-0.39, 0.29) is 0 Å². The van der Waals surface area contributed by atoms with Gasteiger partial charge in [0.05, 0.1) is 0 Å². The van der Waals surface area contributed by atoms with Gasteiger partial charge >= 0.3 is 0 Å². The van der Waals surface area contributed by atoms with Crippen LogP contribution in [0, 0.1) is 0 Å². The van der Waals surface area contributed by atoms with Crippen LogP contribution in [0.3, 0.4) is 0 Å². The number of rotatable bonds is 5. The van der Waals surface area contributed by atoms with E-state index in [9.17, 15) is 0 Å². The molecule has 0 aliphatic heterocycles. The van der Waals surface area contributed by atoms with Crippen molar-refractivity contribution in [3.63, 3.8) is 0 Å². The molecule has 0 saturated carbocycles. The Morgan fingerprint density at radius 2 is 2.00 bits per heavy atom. The summed E-state index contributed by atoms with van der Waals surface area (Å²) in [5.74, 6) is 0. The molecule has 0 amide bonds. The first-order valence-corrected chi connectivity index (χ1v) is 4.90. The van der Waals surface area contributed by atoms with Crippen molar-refractivity contribution in [2.24, 2.45) is 0 Å². The van der Waals surface area contributed by atoms with Gasteiger partial charge in [0.1, 0.15) is 0 Å². The SMILES string of the molecule is CCCCN(C)Cc1ccncc1. The van der Waals surface area contributed by atoms with E-state index in [2.05, 4.69) is 36.0 Å². The second kappa shape index (κ2) is 5.70. The molecular formula is C11H18N2. The largest absolute Gasteiger partial charge is 0.302 e. The molecule has 0 aliphatic rings. The van der Waals surface area contributed by atoms with Crippen LogP contribution in [0.1, 0.15) is 25.3 Å². The Bertz CT molecular complexity index is 221. The predicted octanol–water partition coefficient (Wildman–Crippen LogP) is 2.31. The fourth-order valence-electron chi connectivity index (χ4n) is 1.31. The summed E-state index contributed by atoms with van der Waals surface area (Å²) in [4.78, 5) is 6.34. The highest BCUT2D eigenvalue weighted by molar-refractivity contribution is 5.08. The second-order valence-corrected chi connectivity index (χ2v) is 3.45. The zero-order chi connectivity index (χ0) is 9.52. The standard InChI is InChI=1S/C11H18N2/c1-3-4-9-13(2)10-11-5-7-12-8-6-11/h5-8H,3-4,9-10H2,1-2H3. The normalized spacial score (nSPS) is 10.7. The summed E-state index contributed by atoms with van der Waals surface area (Å²) < 4.78 is 0. The van der Waals surface area contributed by atoms with Gasteiger partial charge in [-0.25, -0.2) is 0 Å². The molecule has 2 heteroatoms. The summed E-state index contributed by atoms with van der Waals surface area (Å²) in [5, 5.41) is 0. The average molecular weight is 178 g/mol. The van der Waals surface area contributed by atoms with E-state index in [0.29, 0.717) is 0 Å². The Balaban J connectivity index is 2.32. The molecule has 1 aromatic heterocycles. The summed E-state index contributed by atoms with van der Waals surface area (Å²) >= 11 is 0. The second-order valence-electron chi connectivity index (χ2n) is 3.45. The lowest BCUT2D eigenvalue weighted by Crippen LogP contribution is -2.18. The first-order valence-electron chi connectivity index (χ1n) is 4.90. The maximum Gasteiger partial charge on any atom is 0.0271 e. The molecule has 2 nitrogen and oxygen atoms in total. The van der Waals surface area contributed by atoms with Crippen LogP contribution in [0.4, 0.5) is 0 Å². The van der Waals surface area contributed by atoms with Gasteiger partial charge in [0, 0.05) is 18.9 Å². The lowest BCUT2D eigenvalue weighted by Gasteiger charge is -2.15. The number of aromatic nitrogens is 1. The third kappa shape index (κ3) is 4.04. The van der Waals surface area contributed by atoms with E-state index in [4.69, 9.17) is 0 Å². The van der Waals surface area contributed by atoms with Gasteiger partial charge in [-0.1, -0.05) is 13.3 Å². The monoisotopic (exact) mass is 178 g/mol. The van der Waals surface area contributed by atoms with E-state index >= 15 is 0 Å². The van der Waals surface area contributed by atoms with Gasteiger partial charge in [0.15, 0.2) is 0 Å². The average Bonchev–Trinajstić information content (AvgIpc) is 2.16. The zero-order valence-corrected chi connectivity index (χ0v) is 8.53. The first kappa shape index (κ1) is 10.2. The lowest BCUT2D eigenvalue weighted by atomic mass is 10.2. The quantitative estimate of drug-likeness (QED) is 0.688. The predicted molar refractivity (Wildman–Crippen MR) is 55.5 cm³/mol. The summed E-state index contributed by atoms with van der Waals surface area (Å²) in [6.07, 6.45) is 6.24. The Hall–Kier alpha value is -0.890. The molecule has 13 heavy (non-hydrogen) atoms. The fraction of sp³-hybridized carbons (Fsp3) is 0.545. The zero-order valence-electron chi connectivity index (χ0n) is 8.53. The molecule has 1 heterocycles. The first-order chi connectivity index (χ1) is 6.33. The maximum atomic E-state index is 4.00. The molecule has 0 aromatic carbocycles. The van der Waals surface area contributed by atoms with Crippen LogP contribution in [0.25, 0.3) is 0 Å². The van der Waals surface area contributed by atoms with Crippen molar-refractivity contribution >= 4 is 0 Å². The van der Waals surface area contributed by atoms with Crippen LogP contribution in [-0.4, -0.2) is 23.5 Å². The minimum absolute atomic E-state index is 1.03. The summed E-state index contributed by atoms with van der Waals surface area (Å²) in [6.45, 7) is 4.43. The highest BCUT2D eigenvalue weighted by atomic mass is 15.1. The molecule has 1 aromatic rings. The molecule has 0 fully saturated rings. The van der Waals surface area contributed by atoms with Crippen LogP contribution >= 0.6 is 0 Å². The van der Waals surface area contributed by atoms with E-state index in [1.54, 1.807) is 0 Å². The molecule has 0 radical (unpaired) electrons. The number of hydrogen-bond donors (Lipinski definition) is 0. The highest BCUT2D eigenvalue weighted by Gasteiger charge is 1.98. The van der Waals surface area contributed by atoms with Gasteiger partial charge in [0.2, 0.25) is 0 Å². The molecular weight excluding hydrogens is 160 g/mol. The van der Waals surface area contributed by atoms with Crippen molar-refractivity contribution in [3.05, 3.63) is 30.1 Å². The molecule has 0 unspecified atom stereocenters. The number of unbranched alkanes of at least 4 members (excludes halogenated alkanes) is 1. The van der Waals surface area contributed by atoms with E-state index in [0.717, 1.165) is 6.54 Å². The summed E-state index contributed by atoms with van der Waals surface area (Å²) in [5.41, 5.74) is 1.34. The molecule has 0 saturated heterocycles. The molecule has 0 atom stereocenters. The number of pyridine rings is 1. The Morgan fingerprint density at radius 3 is 2.62 bits per heavy atom. The molecule has 0 bridgehead atoms. The van der Waals surface area contributed by atoms with Crippen molar-refractivity contribution in [1.82, 2.24) is 9.88 Å². The third-order valence-electron chi connectivity index (χ3n) is 2.10. The van der Waals surface area contributed by atoms with Crippen LogP contribution in [-0.2, 0) is 6.54 Å². The topological polar surface area (TPSA) is 16.1 Å². The smallest absolute Gasteiger partial charge is 0.0271 e. The maximum absolute atomic E-state index is 4.00. The Kier molecular flexibility index (Phi) is 4.47. The van der Waals surface area contributed by atoms with Crippen molar-refractivity contribution in [1.29, 1.82) is 0 Å². The molecule has 0 N–H and O–H groups in total. The van der Waals surface area contributed by atoms with Crippen molar-refractivity contribution < 1.29 is 0 Å². The Labute approximate surface area is 80.6 Å². The number of nitrogens with zero attached hydrogens (tertiary/aromatic N) is 2. The lowest BCUT2D eigenvalue weighted by molar-refractivity contribution is 0.321. The van der Waals surface area contributed by atoms with E-state index < -0.39 is 0 Å². The molecule has 72 valence electrons. The van der Waals surface area contributed by atoms with Crippen molar-refractivity contribution in [2.75, 3.05) is 13.6 Å². The van der Waals surface area contributed by atoms with Gasteiger partial charge < -0.3 is 4.90 Å². The minimum Gasteiger partial charge on any atom is -0.302 e. The third-order valence-corrected chi connectivity index (χ3v) is 2.10. The fourth-order valence-corrected chi connectivity index (χ4v) is 1.31. The van der Waals surface area contributed by atoms with Crippen molar-refractivity contribution in [3.8, 4) is 0 Å². The number of hydrogen-bond acceptors (Lipinski definition) is 2. The van der Waals surface area contributed by atoms with Gasteiger partial charge in [-0.15, -0.1) is 0 Å². The van der Waals surface area contributed by atoms with Crippen LogP contribution in [0.2, 0.25) is 0 Å². The molecule has 1 rings (SSSR count). The van der Waals surface area contributed by atoms with Gasteiger partial charge in [-0.3, -0.25) is 4.98 Å². The molecule has 0 spiro atoms. The summed E-state index contributed by atoms with van der Waals surface area (Å²) in [6, 6.07) is 4.14. The molecule has 0 aliphatic carbocycles. The van der Waals surface area contributed by atoms with E-state index in [1.807, 2.05) is 12.4 Å². The van der Waals surface area contributed by atoms with E-state index in [1.165, 1.54) is 24.9 Å². The highest BCUT2D eigenvalue weighted by Crippen LogP contribution is 2.01. The summed E-state index contributed by atoms with van der Waals surface area (Å²) in [7, 11) is 2.16. The van der Waals surface area contributed by atoms with Gasteiger partial charge in [0.25, 0.3) is 0 Å². The minimum atomic E-state index is 1.03. The van der Waals surface area contributed by atoms with Gasteiger partial charge in [-0.05, 0) is 37.7 Å².